The minimum atomic E-state index is -4.12. The van der Waals surface area contributed by atoms with Crippen molar-refractivity contribution < 1.29 is 13.2 Å². The van der Waals surface area contributed by atoms with Gasteiger partial charge in [0.05, 0.1) is 0 Å². The van der Waals surface area contributed by atoms with Crippen LogP contribution in [0.1, 0.15) is 31.2 Å². The number of nitrogens with two attached hydrogens (primary N) is 1. The van der Waals surface area contributed by atoms with Crippen molar-refractivity contribution in [3.63, 3.8) is 0 Å². The summed E-state index contributed by atoms with van der Waals surface area (Å²) in [6.45, 7) is 3.83. The zero-order valence-electron chi connectivity index (χ0n) is 10.4. The van der Waals surface area contributed by atoms with E-state index >= 15 is 0 Å². The highest BCUT2D eigenvalue weighted by atomic mass is 19.4. The second-order valence-electron chi connectivity index (χ2n) is 4.00. The molecule has 0 amide bonds. The van der Waals surface area contributed by atoms with Crippen LogP contribution in [0.25, 0.3) is 0 Å². The first-order chi connectivity index (χ1) is 8.33. The quantitative estimate of drug-likeness (QED) is 0.801. The van der Waals surface area contributed by atoms with Crippen molar-refractivity contribution in [2.75, 3.05) is 17.6 Å². The molecule has 1 aromatic heterocycles. The molecule has 1 heterocycles. The van der Waals surface area contributed by atoms with Crippen LogP contribution in [0.4, 0.5) is 24.8 Å². The molecule has 0 saturated heterocycles. The summed E-state index contributed by atoms with van der Waals surface area (Å²) in [7, 11) is 0. The lowest BCUT2D eigenvalue weighted by Crippen LogP contribution is -2.13. The molecule has 3 N–H and O–H groups in total. The Morgan fingerprint density at radius 3 is 2.50 bits per heavy atom. The maximum Gasteiger partial charge on any atom is 0.389 e. The molecule has 102 valence electrons. The molecule has 0 fully saturated rings. The van der Waals surface area contributed by atoms with Gasteiger partial charge in [-0.2, -0.15) is 13.2 Å². The summed E-state index contributed by atoms with van der Waals surface area (Å²) >= 11 is 0. The van der Waals surface area contributed by atoms with Crippen molar-refractivity contribution >= 4 is 11.6 Å². The van der Waals surface area contributed by atoms with E-state index in [1.807, 2.05) is 6.92 Å². The third-order valence-electron chi connectivity index (χ3n) is 2.48. The fourth-order valence-electron chi connectivity index (χ4n) is 1.41. The van der Waals surface area contributed by atoms with Crippen LogP contribution >= 0.6 is 0 Å². The number of aryl methyl sites for hydroxylation is 1. The maximum absolute atomic E-state index is 12.0. The molecule has 1 aromatic rings. The lowest BCUT2D eigenvalue weighted by molar-refractivity contribution is -0.134. The number of aromatic nitrogens is 2. The molecule has 0 unspecified atom stereocenters. The number of nitrogen functional groups attached to an aromatic ring is 1. The summed E-state index contributed by atoms with van der Waals surface area (Å²) in [6.07, 6.45) is -4.29. The van der Waals surface area contributed by atoms with Gasteiger partial charge in [-0.05, 0) is 13.3 Å². The second kappa shape index (κ2) is 5.88. The third kappa shape index (κ3) is 4.38. The van der Waals surface area contributed by atoms with E-state index in [2.05, 4.69) is 15.3 Å². The van der Waals surface area contributed by atoms with Crippen LogP contribution in [0.15, 0.2) is 0 Å². The summed E-state index contributed by atoms with van der Waals surface area (Å²) in [5.74, 6) is 1.46. The Balaban J connectivity index is 2.59. The standard InChI is InChI=1S/C11H17F3N4/c1-3-8-17-9(15)7(2)10(18-8)16-6-4-5-11(12,13)14/h3-6H2,1-2H3,(H3,15,16,17,18). The Labute approximate surface area is 104 Å². The number of nitrogens with one attached hydrogen (secondary N) is 1. The highest BCUT2D eigenvalue weighted by molar-refractivity contribution is 5.54. The van der Waals surface area contributed by atoms with Gasteiger partial charge in [0.2, 0.25) is 0 Å². The zero-order chi connectivity index (χ0) is 13.8. The number of alkyl halides is 3. The van der Waals surface area contributed by atoms with E-state index in [0.717, 1.165) is 0 Å². The minimum absolute atomic E-state index is 0.00824. The van der Waals surface area contributed by atoms with Gasteiger partial charge in [0.1, 0.15) is 17.5 Å². The molecule has 4 nitrogen and oxygen atoms in total. The van der Waals surface area contributed by atoms with Gasteiger partial charge in [0.25, 0.3) is 0 Å². The van der Waals surface area contributed by atoms with Gasteiger partial charge in [-0.3, -0.25) is 0 Å². The number of halogens is 3. The predicted molar refractivity (Wildman–Crippen MR) is 64.3 cm³/mol. The predicted octanol–water partition coefficient (Wildman–Crippen LogP) is 2.68. The highest BCUT2D eigenvalue weighted by Crippen LogP contribution is 2.22. The highest BCUT2D eigenvalue weighted by Gasteiger charge is 2.25. The Bertz CT molecular complexity index is 404. The van der Waals surface area contributed by atoms with Crippen LogP contribution in [0.2, 0.25) is 0 Å². The average Bonchev–Trinajstić information content (AvgIpc) is 2.28. The lowest BCUT2D eigenvalue weighted by atomic mass is 10.2. The van der Waals surface area contributed by atoms with E-state index in [0.29, 0.717) is 29.4 Å². The summed E-state index contributed by atoms with van der Waals surface area (Å²) in [5.41, 5.74) is 6.37. The average molecular weight is 262 g/mol. The van der Waals surface area contributed by atoms with Crippen LogP contribution in [-0.2, 0) is 6.42 Å². The Morgan fingerprint density at radius 2 is 1.94 bits per heavy atom. The first kappa shape index (κ1) is 14.5. The summed E-state index contributed by atoms with van der Waals surface area (Å²) in [4.78, 5) is 8.27. The molecule has 0 saturated carbocycles. The van der Waals surface area contributed by atoms with E-state index in [1.54, 1.807) is 6.92 Å². The first-order valence-corrected chi connectivity index (χ1v) is 5.77. The third-order valence-corrected chi connectivity index (χ3v) is 2.48. The van der Waals surface area contributed by atoms with Crippen molar-refractivity contribution in [2.24, 2.45) is 0 Å². The molecule has 0 aliphatic rings. The Hall–Kier alpha value is -1.53. The topological polar surface area (TPSA) is 63.8 Å². The van der Waals surface area contributed by atoms with Crippen LogP contribution in [0.3, 0.4) is 0 Å². The molecule has 0 bridgehead atoms. The van der Waals surface area contributed by atoms with Crippen molar-refractivity contribution in [1.82, 2.24) is 9.97 Å². The second-order valence-corrected chi connectivity index (χ2v) is 4.00. The van der Waals surface area contributed by atoms with Crippen molar-refractivity contribution in [3.8, 4) is 0 Å². The van der Waals surface area contributed by atoms with E-state index in [1.165, 1.54) is 0 Å². The fourth-order valence-corrected chi connectivity index (χ4v) is 1.41. The van der Waals surface area contributed by atoms with Crippen LogP contribution < -0.4 is 11.1 Å². The normalized spacial score (nSPS) is 11.6. The van der Waals surface area contributed by atoms with Crippen LogP contribution in [-0.4, -0.2) is 22.7 Å². The van der Waals surface area contributed by atoms with E-state index < -0.39 is 12.6 Å². The van der Waals surface area contributed by atoms with Gasteiger partial charge in [0, 0.05) is 24.9 Å². The molecular weight excluding hydrogens is 245 g/mol. The van der Waals surface area contributed by atoms with Gasteiger partial charge in [-0.15, -0.1) is 0 Å². The number of hydrogen-bond acceptors (Lipinski definition) is 4. The zero-order valence-corrected chi connectivity index (χ0v) is 10.4. The van der Waals surface area contributed by atoms with Gasteiger partial charge in [-0.1, -0.05) is 6.92 Å². The van der Waals surface area contributed by atoms with Gasteiger partial charge < -0.3 is 11.1 Å². The van der Waals surface area contributed by atoms with Gasteiger partial charge in [0.15, 0.2) is 0 Å². The summed E-state index contributed by atoms with van der Waals surface area (Å²) < 4.78 is 35.9. The number of hydrogen-bond donors (Lipinski definition) is 2. The molecular formula is C11H17F3N4. The van der Waals surface area contributed by atoms with Crippen molar-refractivity contribution in [2.45, 2.75) is 39.3 Å². The molecule has 0 atom stereocenters. The van der Waals surface area contributed by atoms with Crippen LogP contribution in [0.5, 0.6) is 0 Å². The SMILES string of the molecule is CCc1nc(N)c(C)c(NCCCC(F)(F)F)n1. The summed E-state index contributed by atoms with van der Waals surface area (Å²) in [6, 6.07) is 0. The molecule has 0 radical (unpaired) electrons. The van der Waals surface area contributed by atoms with E-state index in [-0.39, 0.29) is 13.0 Å². The maximum atomic E-state index is 12.0. The lowest BCUT2D eigenvalue weighted by Gasteiger charge is -2.12. The smallest absolute Gasteiger partial charge is 0.383 e. The number of rotatable bonds is 5. The molecule has 7 heteroatoms. The minimum Gasteiger partial charge on any atom is -0.383 e. The Kier molecular flexibility index (Phi) is 4.75. The van der Waals surface area contributed by atoms with Gasteiger partial charge in [-0.25, -0.2) is 9.97 Å². The molecule has 0 spiro atoms. The summed E-state index contributed by atoms with van der Waals surface area (Å²) in [5, 5.41) is 2.87. The molecule has 1 rings (SSSR count). The molecule has 0 aliphatic carbocycles. The van der Waals surface area contributed by atoms with E-state index in [9.17, 15) is 13.2 Å². The van der Waals surface area contributed by atoms with Crippen LogP contribution in [0, 0.1) is 6.92 Å². The molecule has 0 aromatic carbocycles. The largest absolute Gasteiger partial charge is 0.389 e. The number of anilines is 2. The monoisotopic (exact) mass is 262 g/mol. The van der Waals surface area contributed by atoms with Gasteiger partial charge >= 0.3 is 6.18 Å². The number of nitrogens with zero attached hydrogens (tertiary/aromatic N) is 2. The molecule has 0 aliphatic heterocycles. The van der Waals surface area contributed by atoms with Crippen molar-refractivity contribution in [1.29, 1.82) is 0 Å². The Morgan fingerprint density at radius 1 is 1.28 bits per heavy atom. The fraction of sp³-hybridized carbons (Fsp3) is 0.636. The molecule has 18 heavy (non-hydrogen) atoms. The van der Waals surface area contributed by atoms with Crippen molar-refractivity contribution in [3.05, 3.63) is 11.4 Å². The van der Waals surface area contributed by atoms with E-state index in [4.69, 9.17) is 5.73 Å². The first-order valence-electron chi connectivity index (χ1n) is 5.77.